The Morgan fingerprint density at radius 1 is 0.962 bits per heavy atom. The highest BCUT2D eigenvalue weighted by Gasteiger charge is 2.13. The molecule has 1 aromatic heterocycles. The fourth-order valence-corrected chi connectivity index (χ4v) is 3.15. The van der Waals surface area contributed by atoms with Gasteiger partial charge in [-0.05, 0) is 62.7 Å². The van der Waals surface area contributed by atoms with Gasteiger partial charge in [0.15, 0.2) is 5.11 Å². The maximum Gasteiger partial charge on any atom is 0.175 e. The van der Waals surface area contributed by atoms with Gasteiger partial charge in [0, 0.05) is 5.69 Å². The number of anilines is 2. The summed E-state index contributed by atoms with van der Waals surface area (Å²) in [5.74, 6) is 0. The average Bonchev–Trinajstić information content (AvgIpc) is 2.87. The third-order valence-corrected chi connectivity index (χ3v) is 4.85. The summed E-state index contributed by atoms with van der Waals surface area (Å²) in [5, 5.41) is 11.9. The van der Waals surface area contributed by atoms with E-state index in [-0.39, 0.29) is 0 Å². The van der Waals surface area contributed by atoms with Gasteiger partial charge < -0.3 is 10.6 Å². The summed E-state index contributed by atoms with van der Waals surface area (Å²) in [6.07, 6.45) is 0. The normalized spacial score (nSPS) is 10.6. The lowest BCUT2D eigenvalue weighted by Gasteiger charge is -2.14. The second-order valence-electron chi connectivity index (χ2n) is 6.52. The van der Waals surface area contributed by atoms with Crippen LogP contribution in [-0.4, -0.2) is 14.9 Å². The predicted molar refractivity (Wildman–Crippen MR) is 113 cm³/mol. The number of hydrogen-bond acceptors (Lipinski definition) is 2. The summed E-state index contributed by atoms with van der Waals surface area (Å²) >= 11 is 5.52. The van der Waals surface area contributed by atoms with E-state index >= 15 is 0 Å². The number of benzene rings is 2. The second kappa shape index (κ2) is 7.70. The topological polar surface area (TPSA) is 41.9 Å². The zero-order valence-corrected chi connectivity index (χ0v) is 16.4. The Balaban J connectivity index is 1.75. The first kappa shape index (κ1) is 18.1. The van der Waals surface area contributed by atoms with Crippen LogP contribution in [0.2, 0.25) is 0 Å². The van der Waals surface area contributed by atoms with Gasteiger partial charge in [0.2, 0.25) is 0 Å². The molecule has 0 bridgehead atoms. The Labute approximate surface area is 160 Å². The van der Waals surface area contributed by atoms with Crippen molar-refractivity contribution < 1.29 is 0 Å². The second-order valence-corrected chi connectivity index (χ2v) is 6.92. The van der Waals surface area contributed by atoms with Crippen LogP contribution in [0.25, 0.3) is 0 Å². The van der Waals surface area contributed by atoms with Crippen LogP contribution in [-0.2, 0) is 6.54 Å². The average molecular weight is 365 g/mol. The number of nitrogens with one attached hydrogen (secondary N) is 2. The van der Waals surface area contributed by atoms with Gasteiger partial charge in [0.05, 0.1) is 23.6 Å². The molecule has 26 heavy (non-hydrogen) atoms. The third-order valence-electron chi connectivity index (χ3n) is 4.65. The van der Waals surface area contributed by atoms with Gasteiger partial charge in [-0.2, -0.15) is 5.10 Å². The molecule has 0 unspecified atom stereocenters. The Bertz CT molecular complexity index is 929. The molecule has 2 aromatic carbocycles. The highest BCUT2D eigenvalue weighted by molar-refractivity contribution is 7.80. The highest BCUT2D eigenvalue weighted by Crippen LogP contribution is 2.22. The fourth-order valence-electron chi connectivity index (χ4n) is 2.94. The molecule has 4 nitrogen and oxygen atoms in total. The predicted octanol–water partition coefficient (Wildman–Crippen LogP) is 4.97. The van der Waals surface area contributed by atoms with Crippen molar-refractivity contribution in [1.29, 1.82) is 0 Å². The van der Waals surface area contributed by atoms with Crippen molar-refractivity contribution in [2.24, 2.45) is 0 Å². The van der Waals surface area contributed by atoms with Crippen molar-refractivity contribution in [3.63, 3.8) is 0 Å². The largest absolute Gasteiger partial charge is 0.332 e. The molecule has 0 saturated heterocycles. The van der Waals surface area contributed by atoms with Crippen LogP contribution in [0.1, 0.15) is 28.1 Å². The van der Waals surface area contributed by atoms with Crippen LogP contribution in [0.4, 0.5) is 11.4 Å². The number of hydrogen-bond donors (Lipinski definition) is 2. The van der Waals surface area contributed by atoms with E-state index in [0.717, 1.165) is 29.3 Å². The van der Waals surface area contributed by atoms with Gasteiger partial charge in [0.1, 0.15) is 0 Å². The van der Waals surface area contributed by atoms with E-state index < -0.39 is 0 Å². The minimum atomic E-state index is 0.573. The molecule has 0 radical (unpaired) electrons. The van der Waals surface area contributed by atoms with E-state index in [1.54, 1.807) is 0 Å². The first-order valence-electron chi connectivity index (χ1n) is 8.68. The smallest absolute Gasteiger partial charge is 0.175 e. The Kier molecular flexibility index (Phi) is 5.38. The lowest BCUT2D eigenvalue weighted by Crippen LogP contribution is -2.20. The molecule has 0 aliphatic rings. The van der Waals surface area contributed by atoms with Crippen molar-refractivity contribution in [3.05, 3.63) is 76.6 Å². The van der Waals surface area contributed by atoms with Gasteiger partial charge >= 0.3 is 0 Å². The summed E-state index contributed by atoms with van der Waals surface area (Å²) in [6, 6.07) is 16.5. The quantitative estimate of drug-likeness (QED) is 0.641. The van der Waals surface area contributed by atoms with Crippen molar-refractivity contribution in [1.82, 2.24) is 9.78 Å². The molecule has 3 aromatic rings. The van der Waals surface area contributed by atoms with Gasteiger partial charge in [0.25, 0.3) is 0 Å². The number of rotatable bonds is 4. The van der Waals surface area contributed by atoms with Crippen LogP contribution in [0.15, 0.2) is 48.5 Å². The minimum absolute atomic E-state index is 0.573. The van der Waals surface area contributed by atoms with Crippen molar-refractivity contribution in [2.45, 2.75) is 34.2 Å². The Morgan fingerprint density at radius 2 is 1.69 bits per heavy atom. The number of nitrogens with zero attached hydrogens (tertiary/aromatic N) is 2. The minimum Gasteiger partial charge on any atom is -0.332 e. The van der Waals surface area contributed by atoms with E-state index in [4.69, 9.17) is 12.2 Å². The van der Waals surface area contributed by atoms with Crippen molar-refractivity contribution in [2.75, 3.05) is 10.6 Å². The molecule has 0 aliphatic carbocycles. The fraction of sp³-hybridized carbons (Fsp3) is 0.238. The first-order chi connectivity index (χ1) is 12.5. The summed E-state index contributed by atoms with van der Waals surface area (Å²) < 4.78 is 2.01. The molecule has 134 valence electrons. The Morgan fingerprint density at radius 3 is 2.42 bits per heavy atom. The summed E-state index contributed by atoms with van der Waals surface area (Å²) in [6.45, 7) is 8.99. The number of thiocarbonyl (C=S) groups is 1. The molecular formula is C21H24N4S. The summed E-state index contributed by atoms with van der Waals surface area (Å²) in [5.41, 5.74) is 7.64. The zero-order chi connectivity index (χ0) is 18.7. The van der Waals surface area contributed by atoms with E-state index in [0.29, 0.717) is 5.11 Å². The monoisotopic (exact) mass is 364 g/mol. The van der Waals surface area contributed by atoms with Gasteiger partial charge in [-0.3, -0.25) is 4.68 Å². The first-order valence-corrected chi connectivity index (χ1v) is 9.08. The molecule has 5 heteroatoms. The molecule has 0 amide bonds. The van der Waals surface area contributed by atoms with Crippen molar-refractivity contribution >= 4 is 28.7 Å². The SMILES string of the molecule is Cc1cccc(NC(=S)Nc2c(C)nn(Cc3ccccc3)c2C)c1C. The number of aryl methyl sites for hydroxylation is 2. The van der Waals surface area contributed by atoms with Crippen molar-refractivity contribution in [3.8, 4) is 0 Å². The van der Waals surface area contributed by atoms with E-state index in [1.807, 2.05) is 41.9 Å². The molecular weight excluding hydrogens is 340 g/mol. The van der Waals surface area contributed by atoms with Crippen LogP contribution in [0.3, 0.4) is 0 Å². The maximum absolute atomic E-state index is 5.52. The van der Waals surface area contributed by atoms with Crippen LogP contribution in [0.5, 0.6) is 0 Å². The van der Waals surface area contributed by atoms with Crippen LogP contribution in [0, 0.1) is 27.7 Å². The molecule has 2 N–H and O–H groups in total. The van der Waals surface area contributed by atoms with Gasteiger partial charge in [-0.15, -0.1) is 0 Å². The van der Waals surface area contributed by atoms with E-state index in [9.17, 15) is 0 Å². The molecule has 3 rings (SSSR count). The third kappa shape index (κ3) is 3.94. The summed E-state index contributed by atoms with van der Waals surface area (Å²) in [7, 11) is 0. The van der Waals surface area contributed by atoms with Crippen LogP contribution < -0.4 is 10.6 Å². The molecule has 0 atom stereocenters. The zero-order valence-electron chi connectivity index (χ0n) is 15.6. The van der Waals surface area contributed by atoms with Gasteiger partial charge in [-0.25, -0.2) is 0 Å². The molecule has 0 saturated carbocycles. The van der Waals surface area contributed by atoms with Crippen LogP contribution >= 0.6 is 12.2 Å². The molecule has 1 heterocycles. The van der Waals surface area contributed by atoms with E-state index in [1.165, 1.54) is 16.7 Å². The van der Waals surface area contributed by atoms with E-state index in [2.05, 4.69) is 54.7 Å². The molecule has 0 spiro atoms. The molecule has 0 fully saturated rings. The highest BCUT2D eigenvalue weighted by atomic mass is 32.1. The standard InChI is InChI=1S/C21H24N4S/c1-14-9-8-12-19(15(14)2)22-21(26)23-20-16(3)24-25(17(20)4)13-18-10-6-5-7-11-18/h5-12H,13H2,1-4H3,(H2,22,23,26). The lowest BCUT2D eigenvalue weighted by atomic mass is 10.1. The van der Waals surface area contributed by atoms with Gasteiger partial charge in [-0.1, -0.05) is 42.5 Å². The lowest BCUT2D eigenvalue weighted by molar-refractivity contribution is 0.659. The Hall–Kier alpha value is -2.66. The molecule has 0 aliphatic heterocycles. The summed E-state index contributed by atoms with van der Waals surface area (Å²) in [4.78, 5) is 0. The number of aromatic nitrogens is 2. The maximum atomic E-state index is 5.52.